The molecule has 0 N–H and O–H groups in total. The second kappa shape index (κ2) is 13.2. The predicted octanol–water partition coefficient (Wildman–Crippen LogP) is 2.94. The number of Topliss-reactive ketones (excluding diaryl/α,β-unsaturated/α-hetero) is 1. The number of ether oxygens (including phenoxy) is 7. The number of rotatable bonds is 8. The van der Waals surface area contributed by atoms with Crippen molar-refractivity contribution < 1.29 is 66.7 Å². The molecule has 288 valence electrons. The molecule has 4 aliphatic carbocycles. The maximum Gasteiger partial charge on any atom is 0.339 e. The third-order valence-electron chi connectivity index (χ3n) is 12.1. The molecule has 0 amide bonds. The zero-order valence-electron chi connectivity index (χ0n) is 31.4. The summed E-state index contributed by atoms with van der Waals surface area (Å²) in [6.45, 7) is 12.7. The van der Waals surface area contributed by atoms with E-state index in [2.05, 4.69) is 4.98 Å². The minimum absolute atomic E-state index is 0.0744. The number of ketones is 1. The standard InChI is InChI=1S/C38H47NO14/c1-17(2)32(45)51-28-24-14-35(8,52-21(6)42)25(24)29-36(9)34(49-20(5)41)38(53-22(7)43)13-18(3)27(50-33(46)23-11-10-12-39-15-23)26(38)31(48-19(4)40)37(29,16-47-36)30(28)44/h10-12,15,17-18,24-29,31,34H,13-14,16H2,1-9H3/t18-,24+,25-,26+,27-,28+,29-,31+,34-,35-,36+,37-,38+/m0/s1. The molecule has 2 heterocycles. The summed E-state index contributed by atoms with van der Waals surface area (Å²) < 4.78 is 43.6. The Bertz CT molecular complexity index is 1730. The Kier molecular flexibility index (Phi) is 9.52. The largest absolute Gasteiger partial charge is 0.461 e. The van der Waals surface area contributed by atoms with E-state index < -0.39 is 130 Å². The van der Waals surface area contributed by atoms with Crippen molar-refractivity contribution in [2.45, 2.75) is 116 Å². The van der Waals surface area contributed by atoms with Gasteiger partial charge in [0.1, 0.15) is 23.4 Å². The van der Waals surface area contributed by atoms with E-state index in [9.17, 15) is 28.8 Å². The van der Waals surface area contributed by atoms with E-state index in [1.165, 1.54) is 39.2 Å². The summed E-state index contributed by atoms with van der Waals surface area (Å²) in [5, 5.41) is 0. The monoisotopic (exact) mass is 741 g/mol. The molecular weight excluding hydrogens is 694 g/mol. The second-order valence-electron chi connectivity index (χ2n) is 16.1. The highest BCUT2D eigenvalue weighted by Crippen LogP contribution is 2.73. The summed E-state index contributed by atoms with van der Waals surface area (Å²) in [5.74, 6) is -10.1. The van der Waals surface area contributed by atoms with Gasteiger partial charge in [-0.1, -0.05) is 20.8 Å². The van der Waals surface area contributed by atoms with E-state index in [4.69, 9.17) is 33.2 Å². The van der Waals surface area contributed by atoms with Crippen molar-refractivity contribution in [3.8, 4) is 0 Å². The number of fused-ring (bicyclic) bond motifs is 2. The first-order valence-corrected chi connectivity index (χ1v) is 18.0. The zero-order valence-corrected chi connectivity index (χ0v) is 31.4. The van der Waals surface area contributed by atoms with E-state index in [0.29, 0.717) is 0 Å². The molecule has 6 rings (SSSR count). The van der Waals surface area contributed by atoms with E-state index in [0.717, 1.165) is 6.92 Å². The van der Waals surface area contributed by atoms with Gasteiger partial charge in [-0.3, -0.25) is 33.8 Å². The van der Waals surface area contributed by atoms with Crippen LogP contribution in [0.5, 0.6) is 0 Å². The van der Waals surface area contributed by atoms with Gasteiger partial charge in [0.05, 0.1) is 29.4 Å². The van der Waals surface area contributed by atoms with Gasteiger partial charge in [-0.2, -0.15) is 0 Å². The molecule has 1 saturated heterocycles. The molecular formula is C38H47NO14. The van der Waals surface area contributed by atoms with Gasteiger partial charge in [0.15, 0.2) is 23.6 Å². The fourth-order valence-corrected chi connectivity index (χ4v) is 10.7. The van der Waals surface area contributed by atoms with Gasteiger partial charge in [0, 0.05) is 57.8 Å². The lowest BCUT2D eigenvalue weighted by atomic mass is 9.42. The number of carbonyl (C=O) groups is 7. The fourth-order valence-electron chi connectivity index (χ4n) is 10.7. The van der Waals surface area contributed by atoms with Gasteiger partial charge in [0.2, 0.25) is 0 Å². The average Bonchev–Trinajstić information content (AvgIpc) is 3.48. The normalized spacial score (nSPS) is 40.6. The maximum absolute atomic E-state index is 15.5. The Morgan fingerprint density at radius 1 is 0.868 bits per heavy atom. The number of hydrogen-bond donors (Lipinski definition) is 0. The number of nitrogens with zero attached hydrogens (tertiary/aromatic N) is 1. The third-order valence-corrected chi connectivity index (χ3v) is 12.1. The summed E-state index contributed by atoms with van der Waals surface area (Å²) in [7, 11) is 0. The van der Waals surface area contributed by atoms with E-state index in [-0.39, 0.29) is 18.4 Å². The predicted molar refractivity (Wildman–Crippen MR) is 178 cm³/mol. The Labute approximate surface area is 307 Å². The first-order chi connectivity index (χ1) is 24.7. The van der Waals surface area contributed by atoms with Gasteiger partial charge in [-0.15, -0.1) is 0 Å². The fraction of sp³-hybridized carbons (Fsp3) is 0.684. The molecule has 1 aromatic rings. The highest BCUT2D eigenvalue weighted by molar-refractivity contribution is 5.95. The molecule has 1 aliphatic heterocycles. The highest BCUT2D eigenvalue weighted by atomic mass is 16.6. The number of esters is 6. The van der Waals surface area contributed by atoms with Gasteiger partial charge in [0.25, 0.3) is 0 Å². The summed E-state index contributed by atoms with van der Waals surface area (Å²) >= 11 is 0. The first-order valence-electron chi connectivity index (χ1n) is 18.0. The molecule has 0 radical (unpaired) electrons. The van der Waals surface area contributed by atoms with Gasteiger partial charge in [-0.25, -0.2) is 4.79 Å². The summed E-state index contributed by atoms with van der Waals surface area (Å²) in [6.07, 6.45) is -2.77. The van der Waals surface area contributed by atoms with Crippen molar-refractivity contribution >= 4 is 41.6 Å². The Morgan fingerprint density at radius 3 is 2.09 bits per heavy atom. The third kappa shape index (κ3) is 5.80. The molecule has 0 aromatic carbocycles. The SMILES string of the molecule is CC(=O)O[C@@H]1[C@H]2[C@@H](OC(=O)c3cccnc3)[C@@H](C)C[C@]2(OC(C)=O)[C@@H](OC(C)=O)[C@]2(C)OC[C@]13C(=O)[C@H](OC(=O)C(C)C)[C@@H]1C[C@](C)(OC(C)=O)[C@@H]1[C@@H]23. The molecule has 4 saturated carbocycles. The number of pyridine rings is 1. The summed E-state index contributed by atoms with van der Waals surface area (Å²) in [4.78, 5) is 98.8. The van der Waals surface area contributed by atoms with Crippen LogP contribution in [0.15, 0.2) is 24.5 Å². The van der Waals surface area contributed by atoms with Crippen molar-refractivity contribution in [2.24, 2.45) is 40.9 Å². The number of hydrogen-bond acceptors (Lipinski definition) is 15. The zero-order chi connectivity index (χ0) is 39.0. The quantitative estimate of drug-likeness (QED) is 0.278. The minimum atomic E-state index is -1.90. The lowest BCUT2D eigenvalue weighted by Crippen LogP contribution is -2.75. The number of aromatic nitrogens is 1. The molecule has 15 nitrogen and oxygen atoms in total. The van der Waals surface area contributed by atoms with Crippen LogP contribution in [0, 0.1) is 40.9 Å². The van der Waals surface area contributed by atoms with Crippen molar-refractivity contribution in [2.75, 3.05) is 6.61 Å². The van der Waals surface area contributed by atoms with Crippen LogP contribution in [0.4, 0.5) is 0 Å². The van der Waals surface area contributed by atoms with Crippen LogP contribution in [-0.4, -0.2) is 94.4 Å². The van der Waals surface area contributed by atoms with Gasteiger partial charge < -0.3 is 33.2 Å². The van der Waals surface area contributed by atoms with Crippen molar-refractivity contribution in [1.29, 1.82) is 0 Å². The maximum atomic E-state index is 15.5. The average molecular weight is 742 g/mol. The lowest BCUT2D eigenvalue weighted by Gasteiger charge is -2.64. The second-order valence-corrected chi connectivity index (χ2v) is 16.1. The molecule has 13 atom stereocenters. The van der Waals surface area contributed by atoms with Crippen molar-refractivity contribution in [1.82, 2.24) is 4.98 Å². The van der Waals surface area contributed by atoms with Gasteiger partial charge >= 0.3 is 35.8 Å². The minimum Gasteiger partial charge on any atom is -0.461 e. The molecule has 5 fully saturated rings. The van der Waals surface area contributed by atoms with Crippen LogP contribution >= 0.6 is 0 Å². The topological polar surface area (TPSA) is 197 Å². The summed E-state index contributed by atoms with van der Waals surface area (Å²) in [5.41, 5.74) is -6.61. The molecule has 5 aliphatic rings. The molecule has 0 unspecified atom stereocenters. The summed E-state index contributed by atoms with van der Waals surface area (Å²) in [6, 6.07) is 3.06. The van der Waals surface area contributed by atoms with Crippen LogP contribution in [-0.2, 0) is 61.9 Å². The van der Waals surface area contributed by atoms with E-state index in [1.807, 2.05) is 0 Å². The van der Waals surface area contributed by atoms with Crippen molar-refractivity contribution in [3.05, 3.63) is 30.1 Å². The number of carbonyl (C=O) groups excluding carboxylic acids is 7. The van der Waals surface area contributed by atoms with Crippen LogP contribution in [0.1, 0.15) is 85.5 Å². The van der Waals surface area contributed by atoms with Crippen LogP contribution in [0.25, 0.3) is 0 Å². The van der Waals surface area contributed by atoms with E-state index >= 15 is 4.79 Å². The van der Waals surface area contributed by atoms with E-state index in [1.54, 1.807) is 40.7 Å². The Hall–Kier alpha value is -4.40. The molecule has 2 bridgehead atoms. The molecule has 1 aromatic heterocycles. The molecule has 53 heavy (non-hydrogen) atoms. The van der Waals surface area contributed by atoms with Gasteiger partial charge in [-0.05, 0) is 44.7 Å². The van der Waals surface area contributed by atoms with Crippen LogP contribution in [0.2, 0.25) is 0 Å². The lowest BCUT2D eigenvalue weighted by molar-refractivity contribution is -0.261. The van der Waals surface area contributed by atoms with Crippen LogP contribution < -0.4 is 0 Å². The smallest absolute Gasteiger partial charge is 0.339 e. The Balaban J connectivity index is 1.66. The van der Waals surface area contributed by atoms with Crippen LogP contribution in [0.3, 0.4) is 0 Å². The first kappa shape index (κ1) is 38.3. The highest BCUT2D eigenvalue weighted by Gasteiger charge is 2.86. The molecule has 0 spiro atoms. The van der Waals surface area contributed by atoms with Crippen molar-refractivity contribution in [3.63, 3.8) is 0 Å². The Morgan fingerprint density at radius 2 is 1.53 bits per heavy atom. The molecule has 15 heteroatoms.